The number of nitrogen functional groups attached to an aromatic ring is 1. The Kier molecular flexibility index (Phi) is 4.41. The molecule has 0 aliphatic carbocycles. The minimum Gasteiger partial charge on any atom is -0.489 e. The Labute approximate surface area is 119 Å². The first-order valence-corrected chi connectivity index (χ1v) is 6.72. The molecule has 2 aromatic carbocycles. The molecule has 0 bridgehead atoms. The zero-order valence-corrected chi connectivity index (χ0v) is 11.8. The van der Waals surface area contributed by atoms with Crippen LogP contribution in [0.3, 0.4) is 0 Å². The van der Waals surface area contributed by atoms with E-state index in [1.165, 1.54) is 18.1 Å². The molecule has 2 aromatic rings. The Balaban J connectivity index is 2.11. The summed E-state index contributed by atoms with van der Waals surface area (Å²) >= 11 is 0. The number of ketones is 1. The van der Waals surface area contributed by atoms with Crippen LogP contribution in [0.2, 0.25) is 0 Å². The zero-order valence-electron chi connectivity index (χ0n) is 11.8. The normalized spacial score (nSPS) is 10.3. The highest BCUT2D eigenvalue weighted by Crippen LogP contribution is 2.22. The zero-order chi connectivity index (χ0) is 14.5. The highest BCUT2D eigenvalue weighted by atomic mass is 16.5. The smallest absolute Gasteiger partial charge is 0.161 e. The molecule has 3 nitrogen and oxygen atoms in total. The second-order valence-electron chi connectivity index (χ2n) is 4.72. The largest absolute Gasteiger partial charge is 0.489 e. The van der Waals surface area contributed by atoms with Crippen LogP contribution in [0, 0.1) is 0 Å². The molecule has 0 aliphatic heterocycles. The van der Waals surface area contributed by atoms with Crippen LogP contribution in [0.4, 0.5) is 5.69 Å². The van der Waals surface area contributed by atoms with E-state index in [0.29, 0.717) is 23.6 Å². The predicted octanol–water partition coefficient (Wildman–Crippen LogP) is 3.61. The Hall–Kier alpha value is -2.29. The van der Waals surface area contributed by atoms with Gasteiger partial charge in [-0.3, -0.25) is 4.79 Å². The van der Waals surface area contributed by atoms with Crippen molar-refractivity contribution < 1.29 is 9.53 Å². The van der Waals surface area contributed by atoms with Gasteiger partial charge >= 0.3 is 0 Å². The van der Waals surface area contributed by atoms with E-state index >= 15 is 0 Å². The summed E-state index contributed by atoms with van der Waals surface area (Å²) in [5.74, 6) is 0.642. The third kappa shape index (κ3) is 3.18. The van der Waals surface area contributed by atoms with Crippen LogP contribution in [0.5, 0.6) is 5.75 Å². The van der Waals surface area contributed by atoms with Gasteiger partial charge in [0.25, 0.3) is 0 Å². The van der Waals surface area contributed by atoms with Gasteiger partial charge in [-0.2, -0.15) is 0 Å². The third-order valence-corrected chi connectivity index (χ3v) is 3.30. The fourth-order valence-corrected chi connectivity index (χ4v) is 2.16. The molecule has 2 rings (SSSR count). The molecule has 2 N–H and O–H groups in total. The van der Waals surface area contributed by atoms with Crippen LogP contribution >= 0.6 is 0 Å². The Morgan fingerprint density at radius 2 is 1.85 bits per heavy atom. The summed E-state index contributed by atoms with van der Waals surface area (Å²) in [6.45, 7) is 4.13. The maximum atomic E-state index is 11.3. The average molecular weight is 269 g/mol. The fourth-order valence-electron chi connectivity index (χ4n) is 2.16. The van der Waals surface area contributed by atoms with Crippen molar-refractivity contribution in [3.8, 4) is 5.75 Å². The van der Waals surface area contributed by atoms with E-state index in [1.807, 2.05) is 12.1 Å². The van der Waals surface area contributed by atoms with Crippen molar-refractivity contribution >= 4 is 11.5 Å². The summed E-state index contributed by atoms with van der Waals surface area (Å²) in [7, 11) is 0. The highest BCUT2D eigenvalue weighted by molar-refractivity contribution is 5.99. The number of benzene rings is 2. The van der Waals surface area contributed by atoms with Gasteiger partial charge in [0.2, 0.25) is 0 Å². The predicted molar refractivity (Wildman–Crippen MR) is 81.0 cm³/mol. The van der Waals surface area contributed by atoms with Crippen LogP contribution in [-0.4, -0.2) is 5.78 Å². The standard InChI is InChI=1S/C17H19NO2/c1-3-13-6-4-5-7-14(13)11-20-15-8-9-16(12(2)19)17(18)10-15/h4-10H,3,11,18H2,1-2H3. The van der Waals surface area contributed by atoms with E-state index < -0.39 is 0 Å². The molecule has 3 heteroatoms. The van der Waals surface area contributed by atoms with Crippen molar-refractivity contribution in [1.82, 2.24) is 0 Å². The fraction of sp³-hybridized carbons (Fsp3) is 0.235. The molecule has 0 unspecified atom stereocenters. The first kappa shape index (κ1) is 14.1. The lowest BCUT2D eigenvalue weighted by molar-refractivity contribution is 0.101. The van der Waals surface area contributed by atoms with E-state index in [9.17, 15) is 4.79 Å². The van der Waals surface area contributed by atoms with Crippen LogP contribution in [0.15, 0.2) is 42.5 Å². The molecular formula is C17H19NO2. The number of aryl methyl sites for hydroxylation is 1. The van der Waals surface area contributed by atoms with Gasteiger partial charge in [-0.15, -0.1) is 0 Å². The van der Waals surface area contributed by atoms with Gasteiger partial charge in [-0.1, -0.05) is 31.2 Å². The number of hydrogen-bond donors (Lipinski definition) is 1. The Morgan fingerprint density at radius 1 is 1.15 bits per heavy atom. The number of hydrogen-bond acceptors (Lipinski definition) is 3. The molecule has 0 amide bonds. The Bertz CT molecular complexity index is 620. The molecule has 0 saturated heterocycles. The maximum Gasteiger partial charge on any atom is 0.161 e. The summed E-state index contributed by atoms with van der Waals surface area (Å²) in [5, 5.41) is 0. The molecule has 0 heterocycles. The lowest BCUT2D eigenvalue weighted by atomic mass is 10.1. The van der Waals surface area contributed by atoms with Gasteiger partial charge in [-0.25, -0.2) is 0 Å². The number of rotatable bonds is 5. The van der Waals surface area contributed by atoms with Gasteiger partial charge in [-0.05, 0) is 36.6 Å². The molecule has 0 radical (unpaired) electrons. The number of Topliss-reactive ketones (excluding diaryl/α,β-unsaturated/α-hetero) is 1. The van der Waals surface area contributed by atoms with Crippen molar-refractivity contribution in [3.63, 3.8) is 0 Å². The summed E-state index contributed by atoms with van der Waals surface area (Å²) in [6, 6.07) is 13.4. The van der Waals surface area contributed by atoms with Crippen molar-refractivity contribution in [2.24, 2.45) is 0 Å². The lowest BCUT2D eigenvalue weighted by Crippen LogP contribution is -2.02. The average Bonchev–Trinajstić information content (AvgIpc) is 2.45. The van der Waals surface area contributed by atoms with Gasteiger partial charge < -0.3 is 10.5 Å². The lowest BCUT2D eigenvalue weighted by Gasteiger charge is -2.11. The van der Waals surface area contributed by atoms with Crippen molar-refractivity contribution in [2.75, 3.05) is 5.73 Å². The van der Waals surface area contributed by atoms with Crippen LogP contribution in [0.1, 0.15) is 35.3 Å². The number of carbonyl (C=O) groups is 1. The highest BCUT2D eigenvalue weighted by Gasteiger charge is 2.06. The van der Waals surface area contributed by atoms with Crippen LogP contribution in [0.25, 0.3) is 0 Å². The monoisotopic (exact) mass is 269 g/mol. The molecule has 0 saturated carbocycles. The van der Waals surface area contributed by atoms with Crippen LogP contribution < -0.4 is 10.5 Å². The van der Waals surface area contributed by atoms with E-state index in [2.05, 4.69) is 19.1 Å². The van der Waals surface area contributed by atoms with Crippen LogP contribution in [-0.2, 0) is 13.0 Å². The topological polar surface area (TPSA) is 52.3 Å². The summed E-state index contributed by atoms with van der Waals surface area (Å²) in [6.07, 6.45) is 0.977. The number of nitrogens with two attached hydrogens (primary N) is 1. The minimum atomic E-state index is -0.0367. The van der Waals surface area contributed by atoms with Crippen molar-refractivity contribution in [3.05, 3.63) is 59.2 Å². The quantitative estimate of drug-likeness (QED) is 0.666. The second-order valence-corrected chi connectivity index (χ2v) is 4.72. The molecule has 0 fully saturated rings. The molecule has 20 heavy (non-hydrogen) atoms. The molecule has 0 spiro atoms. The SMILES string of the molecule is CCc1ccccc1COc1ccc(C(C)=O)c(N)c1. The number of ether oxygens (including phenoxy) is 1. The van der Waals surface area contributed by atoms with E-state index in [-0.39, 0.29) is 5.78 Å². The molecule has 0 aromatic heterocycles. The maximum absolute atomic E-state index is 11.3. The van der Waals surface area contributed by atoms with E-state index in [0.717, 1.165) is 6.42 Å². The molecule has 0 atom stereocenters. The van der Waals surface area contributed by atoms with Gasteiger partial charge in [0, 0.05) is 17.3 Å². The summed E-state index contributed by atoms with van der Waals surface area (Å²) in [4.78, 5) is 11.3. The second kappa shape index (κ2) is 6.24. The van der Waals surface area contributed by atoms with Gasteiger partial charge in [0.15, 0.2) is 5.78 Å². The Morgan fingerprint density at radius 3 is 2.45 bits per heavy atom. The molecule has 104 valence electrons. The first-order chi connectivity index (χ1) is 9.61. The summed E-state index contributed by atoms with van der Waals surface area (Å²) < 4.78 is 5.76. The van der Waals surface area contributed by atoms with Crippen molar-refractivity contribution in [2.45, 2.75) is 26.9 Å². The van der Waals surface area contributed by atoms with E-state index in [1.54, 1.807) is 18.2 Å². The van der Waals surface area contributed by atoms with Crippen molar-refractivity contribution in [1.29, 1.82) is 0 Å². The molecule has 0 aliphatic rings. The molecular weight excluding hydrogens is 250 g/mol. The van der Waals surface area contributed by atoms with Gasteiger partial charge in [0.1, 0.15) is 12.4 Å². The number of anilines is 1. The summed E-state index contributed by atoms with van der Waals surface area (Å²) in [5.41, 5.74) is 9.29. The third-order valence-electron chi connectivity index (χ3n) is 3.30. The number of carbonyl (C=O) groups excluding carboxylic acids is 1. The van der Waals surface area contributed by atoms with E-state index in [4.69, 9.17) is 10.5 Å². The van der Waals surface area contributed by atoms with Gasteiger partial charge in [0.05, 0.1) is 0 Å². The first-order valence-electron chi connectivity index (χ1n) is 6.72. The minimum absolute atomic E-state index is 0.0367.